The van der Waals surface area contributed by atoms with E-state index in [2.05, 4.69) is 14.9 Å². The first-order valence-corrected chi connectivity index (χ1v) is 4.55. The molecular weight excluding hydrogens is 190 g/mol. The number of hydrogen-bond donors (Lipinski definition) is 1. The Hall–Kier alpha value is -1.43. The van der Waals surface area contributed by atoms with E-state index in [1.165, 1.54) is 6.20 Å². The molecule has 0 bridgehead atoms. The Morgan fingerprint density at radius 2 is 2.62 bits per heavy atom. The molecule has 2 rings (SSSR count). The summed E-state index contributed by atoms with van der Waals surface area (Å²) in [7, 11) is 0. The molecule has 1 aromatic heterocycles. The van der Waals surface area contributed by atoms with Gasteiger partial charge in [-0.15, -0.1) is 5.10 Å². The molecule has 0 saturated carbocycles. The van der Waals surface area contributed by atoms with Gasteiger partial charge in [0.2, 0.25) is 0 Å². The average molecular weight is 197 g/mol. The lowest BCUT2D eigenvalue weighted by molar-refractivity contribution is -0.115. The van der Waals surface area contributed by atoms with Gasteiger partial charge in [0.1, 0.15) is 5.00 Å². The zero-order valence-corrected chi connectivity index (χ0v) is 7.50. The SMILES string of the molecule is O=C(Nc1cnns1)C1=CCCO1. The normalized spacial score (nSPS) is 14.9. The molecule has 1 aromatic rings. The van der Waals surface area contributed by atoms with Gasteiger partial charge < -0.3 is 10.1 Å². The first kappa shape index (κ1) is 8.18. The van der Waals surface area contributed by atoms with Crippen molar-refractivity contribution >= 4 is 22.4 Å². The van der Waals surface area contributed by atoms with Crippen LogP contribution in [0.4, 0.5) is 5.00 Å². The Labute approximate surface area is 78.6 Å². The standard InChI is InChI=1S/C7H7N3O2S/c11-7(5-2-1-3-12-5)9-6-4-8-10-13-6/h2,4H,1,3H2,(H,9,11). The van der Waals surface area contributed by atoms with E-state index in [0.29, 0.717) is 17.4 Å². The van der Waals surface area contributed by atoms with Crippen molar-refractivity contribution in [3.05, 3.63) is 18.0 Å². The Morgan fingerprint density at radius 3 is 3.23 bits per heavy atom. The molecule has 0 aliphatic carbocycles. The molecule has 6 heteroatoms. The van der Waals surface area contributed by atoms with Crippen LogP contribution in [0.1, 0.15) is 6.42 Å². The number of anilines is 1. The average Bonchev–Trinajstić information content (AvgIpc) is 2.74. The largest absolute Gasteiger partial charge is 0.488 e. The highest BCUT2D eigenvalue weighted by atomic mass is 32.1. The van der Waals surface area contributed by atoms with E-state index < -0.39 is 0 Å². The second-order valence-electron chi connectivity index (χ2n) is 2.44. The minimum Gasteiger partial charge on any atom is -0.488 e. The van der Waals surface area contributed by atoms with Crippen molar-refractivity contribution in [1.82, 2.24) is 9.59 Å². The van der Waals surface area contributed by atoms with Crippen molar-refractivity contribution in [3.8, 4) is 0 Å². The number of aromatic nitrogens is 2. The van der Waals surface area contributed by atoms with E-state index in [9.17, 15) is 4.79 Å². The molecule has 68 valence electrons. The maximum Gasteiger partial charge on any atom is 0.291 e. The molecule has 1 N–H and O–H groups in total. The third kappa shape index (κ3) is 1.83. The molecule has 1 amide bonds. The van der Waals surface area contributed by atoms with Crippen molar-refractivity contribution in [2.45, 2.75) is 6.42 Å². The summed E-state index contributed by atoms with van der Waals surface area (Å²) in [6, 6.07) is 0. The number of ether oxygens (including phenoxy) is 1. The Kier molecular flexibility index (Phi) is 2.22. The molecule has 0 spiro atoms. The molecule has 0 aromatic carbocycles. The molecule has 1 aliphatic heterocycles. The van der Waals surface area contributed by atoms with Crippen LogP contribution in [-0.4, -0.2) is 22.1 Å². The fourth-order valence-electron chi connectivity index (χ4n) is 0.972. The minimum atomic E-state index is -0.233. The van der Waals surface area contributed by atoms with Gasteiger partial charge in [0, 0.05) is 18.0 Å². The molecule has 1 aliphatic rings. The van der Waals surface area contributed by atoms with Gasteiger partial charge in [-0.3, -0.25) is 4.79 Å². The molecule has 0 fully saturated rings. The molecular formula is C7H7N3O2S. The van der Waals surface area contributed by atoms with E-state index in [-0.39, 0.29) is 5.91 Å². The summed E-state index contributed by atoms with van der Waals surface area (Å²) < 4.78 is 8.69. The van der Waals surface area contributed by atoms with E-state index >= 15 is 0 Å². The number of nitrogens with one attached hydrogen (secondary N) is 1. The van der Waals surface area contributed by atoms with Crippen molar-refractivity contribution in [3.63, 3.8) is 0 Å². The van der Waals surface area contributed by atoms with Crippen molar-refractivity contribution in [2.24, 2.45) is 0 Å². The second kappa shape index (κ2) is 3.53. The Bertz CT molecular complexity index is 334. The van der Waals surface area contributed by atoms with Crippen molar-refractivity contribution in [2.75, 3.05) is 11.9 Å². The number of hydrogen-bond acceptors (Lipinski definition) is 5. The number of carbonyl (C=O) groups excluding carboxylic acids is 1. The van der Waals surface area contributed by atoms with Gasteiger partial charge in [0.15, 0.2) is 5.76 Å². The first-order valence-electron chi connectivity index (χ1n) is 3.78. The van der Waals surface area contributed by atoms with Crippen molar-refractivity contribution < 1.29 is 9.53 Å². The number of rotatable bonds is 2. The highest BCUT2D eigenvalue weighted by Gasteiger charge is 2.15. The van der Waals surface area contributed by atoms with Gasteiger partial charge in [0.05, 0.1) is 12.8 Å². The summed E-state index contributed by atoms with van der Waals surface area (Å²) in [5.41, 5.74) is 0. The van der Waals surface area contributed by atoms with Gasteiger partial charge in [-0.05, 0) is 6.08 Å². The smallest absolute Gasteiger partial charge is 0.291 e. The van der Waals surface area contributed by atoms with Crippen molar-refractivity contribution in [1.29, 1.82) is 0 Å². The fraction of sp³-hybridized carbons (Fsp3) is 0.286. The van der Waals surface area contributed by atoms with Crippen LogP contribution in [0.25, 0.3) is 0 Å². The lowest BCUT2D eigenvalue weighted by Crippen LogP contribution is -2.13. The molecule has 13 heavy (non-hydrogen) atoms. The molecule has 5 nitrogen and oxygen atoms in total. The summed E-state index contributed by atoms with van der Waals surface area (Å²) in [6.07, 6.45) is 4.06. The van der Waals surface area contributed by atoms with Crippen LogP contribution in [0.15, 0.2) is 18.0 Å². The molecule has 0 unspecified atom stereocenters. The summed E-state index contributed by atoms with van der Waals surface area (Å²) in [5.74, 6) is 0.150. The monoisotopic (exact) mass is 197 g/mol. The Balaban J connectivity index is 1.99. The van der Waals surface area contributed by atoms with E-state index in [1.54, 1.807) is 6.08 Å². The highest BCUT2D eigenvalue weighted by Crippen LogP contribution is 2.14. The Morgan fingerprint density at radius 1 is 1.69 bits per heavy atom. The number of amides is 1. The lowest BCUT2D eigenvalue weighted by Gasteiger charge is -2.01. The minimum absolute atomic E-state index is 0.233. The number of nitrogens with zero attached hydrogens (tertiary/aromatic N) is 2. The first-order chi connectivity index (χ1) is 6.36. The highest BCUT2D eigenvalue weighted by molar-refractivity contribution is 7.10. The van der Waals surface area contributed by atoms with Crippen LogP contribution < -0.4 is 5.32 Å². The zero-order valence-electron chi connectivity index (χ0n) is 6.69. The summed E-state index contributed by atoms with van der Waals surface area (Å²) in [6.45, 7) is 0.587. The summed E-state index contributed by atoms with van der Waals surface area (Å²) in [4.78, 5) is 11.4. The fourth-order valence-corrected chi connectivity index (χ4v) is 1.39. The summed E-state index contributed by atoms with van der Waals surface area (Å²) in [5, 5.41) is 6.85. The molecule has 0 radical (unpaired) electrons. The maximum absolute atomic E-state index is 11.4. The molecule has 2 heterocycles. The van der Waals surface area contributed by atoms with Crippen LogP contribution >= 0.6 is 11.5 Å². The molecule has 0 saturated heterocycles. The molecule has 0 atom stereocenters. The lowest BCUT2D eigenvalue weighted by atomic mass is 10.4. The van der Waals surface area contributed by atoms with Crippen LogP contribution in [0.3, 0.4) is 0 Å². The predicted octanol–water partition coefficient (Wildman–Crippen LogP) is 0.781. The quantitative estimate of drug-likeness (QED) is 0.761. The van der Waals surface area contributed by atoms with Gasteiger partial charge in [-0.25, -0.2) is 0 Å². The van der Waals surface area contributed by atoms with E-state index in [1.807, 2.05) is 0 Å². The van der Waals surface area contributed by atoms with Gasteiger partial charge in [-0.1, -0.05) is 4.49 Å². The third-order valence-corrected chi connectivity index (χ3v) is 2.11. The number of carbonyl (C=O) groups is 1. The topological polar surface area (TPSA) is 64.1 Å². The van der Waals surface area contributed by atoms with E-state index in [4.69, 9.17) is 4.74 Å². The van der Waals surface area contributed by atoms with E-state index in [0.717, 1.165) is 18.0 Å². The van der Waals surface area contributed by atoms with Gasteiger partial charge in [-0.2, -0.15) is 0 Å². The van der Waals surface area contributed by atoms with Gasteiger partial charge in [0.25, 0.3) is 5.91 Å². The van der Waals surface area contributed by atoms with Crippen LogP contribution in [0, 0.1) is 0 Å². The van der Waals surface area contributed by atoms with Crippen LogP contribution in [0.2, 0.25) is 0 Å². The van der Waals surface area contributed by atoms with Gasteiger partial charge >= 0.3 is 0 Å². The predicted molar refractivity (Wildman–Crippen MR) is 47.2 cm³/mol. The van der Waals surface area contributed by atoms with Crippen LogP contribution in [0.5, 0.6) is 0 Å². The maximum atomic E-state index is 11.4. The van der Waals surface area contributed by atoms with Crippen LogP contribution in [-0.2, 0) is 9.53 Å². The third-order valence-electron chi connectivity index (χ3n) is 1.53. The second-order valence-corrected chi connectivity index (χ2v) is 3.23. The summed E-state index contributed by atoms with van der Waals surface area (Å²) >= 11 is 1.13. The zero-order chi connectivity index (χ0) is 9.10.